The van der Waals surface area contributed by atoms with Gasteiger partial charge in [0.25, 0.3) is 0 Å². The van der Waals surface area contributed by atoms with Gasteiger partial charge < -0.3 is 0 Å². The summed E-state index contributed by atoms with van der Waals surface area (Å²) in [6.07, 6.45) is 18.8. The maximum absolute atomic E-state index is 4.49. The summed E-state index contributed by atoms with van der Waals surface area (Å²) in [5.41, 5.74) is 4.76. The van der Waals surface area contributed by atoms with Crippen LogP contribution in [-0.2, 0) is 12.8 Å². The highest BCUT2D eigenvalue weighted by molar-refractivity contribution is 5.58. The molecule has 1 aliphatic carbocycles. The molecule has 1 aliphatic rings. The summed E-state index contributed by atoms with van der Waals surface area (Å²) in [7, 11) is 0. The minimum atomic E-state index is 0.943. The van der Waals surface area contributed by atoms with E-state index in [2.05, 4.69) is 60.4 Å². The van der Waals surface area contributed by atoms with Crippen molar-refractivity contribution in [3.05, 3.63) is 47.7 Å². The molecule has 1 aromatic carbocycles. The summed E-state index contributed by atoms with van der Waals surface area (Å²) in [6.45, 7) is 4.58. The van der Waals surface area contributed by atoms with Crippen molar-refractivity contribution in [3.8, 4) is 11.3 Å². The molecule has 1 aromatic heterocycles. The van der Waals surface area contributed by atoms with Gasteiger partial charge in [0.1, 0.15) is 0 Å². The molecule has 0 bridgehead atoms. The fraction of sp³-hybridized carbons (Fsp3) is 0.643. The monoisotopic (exact) mass is 406 g/mol. The second-order valence-electron chi connectivity index (χ2n) is 9.49. The van der Waals surface area contributed by atoms with Gasteiger partial charge in [0.2, 0.25) is 0 Å². The molecule has 0 N–H and O–H groups in total. The molecule has 0 atom stereocenters. The maximum atomic E-state index is 4.49. The molecule has 30 heavy (non-hydrogen) atoms. The molecule has 0 unspecified atom stereocenters. The maximum Gasteiger partial charge on any atom is 0.0929 e. The zero-order valence-corrected chi connectivity index (χ0v) is 19.4. The van der Waals surface area contributed by atoms with Crippen LogP contribution in [0.5, 0.6) is 0 Å². The average Bonchev–Trinajstić information content (AvgIpc) is 2.79. The summed E-state index contributed by atoms with van der Waals surface area (Å²) >= 11 is 0. The summed E-state index contributed by atoms with van der Waals surface area (Å²) in [4.78, 5) is 0. The number of rotatable bonds is 12. The van der Waals surface area contributed by atoms with Crippen LogP contribution < -0.4 is 0 Å². The van der Waals surface area contributed by atoms with Crippen molar-refractivity contribution in [2.75, 3.05) is 0 Å². The lowest BCUT2D eigenvalue weighted by atomic mass is 9.78. The molecule has 2 heteroatoms. The third-order valence-corrected chi connectivity index (χ3v) is 7.01. The van der Waals surface area contributed by atoms with E-state index in [1.165, 1.54) is 94.6 Å². The minimum Gasteiger partial charge on any atom is -0.155 e. The molecular formula is C28H42N2. The van der Waals surface area contributed by atoms with Crippen molar-refractivity contribution in [2.45, 2.75) is 104 Å². The van der Waals surface area contributed by atoms with Crippen molar-refractivity contribution in [2.24, 2.45) is 11.8 Å². The van der Waals surface area contributed by atoms with Crippen molar-refractivity contribution in [3.63, 3.8) is 0 Å². The first-order valence-electron chi connectivity index (χ1n) is 12.7. The van der Waals surface area contributed by atoms with E-state index >= 15 is 0 Å². The van der Waals surface area contributed by atoms with Crippen molar-refractivity contribution in [1.82, 2.24) is 10.2 Å². The van der Waals surface area contributed by atoms with Gasteiger partial charge in [-0.15, -0.1) is 0 Å². The Kier molecular flexibility index (Phi) is 9.86. The van der Waals surface area contributed by atoms with Crippen LogP contribution in [0.4, 0.5) is 0 Å². The Hall–Kier alpha value is -1.70. The third-order valence-electron chi connectivity index (χ3n) is 7.01. The first-order chi connectivity index (χ1) is 14.8. The van der Waals surface area contributed by atoms with E-state index in [0.29, 0.717) is 0 Å². The second-order valence-corrected chi connectivity index (χ2v) is 9.49. The fourth-order valence-corrected chi connectivity index (χ4v) is 4.99. The molecule has 0 radical (unpaired) electrons. The van der Waals surface area contributed by atoms with Gasteiger partial charge in [-0.05, 0) is 55.2 Å². The van der Waals surface area contributed by atoms with Gasteiger partial charge >= 0.3 is 0 Å². The van der Waals surface area contributed by atoms with Gasteiger partial charge in [-0.1, -0.05) is 102 Å². The zero-order chi connectivity index (χ0) is 21.0. The number of hydrogen-bond donors (Lipinski definition) is 0. The molecule has 0 amide bonds. The highest BCUT2D eigenvalue weighted by atomic mass is 15.1. The highest BCUT2D eigenvalue weighted by Crippen LogP contribution is 2.34. The largest absolute Gasteiger partial charge is 0.155 e. The van der Waals surface area contributed by atoms with E-state index in [-0.39, 0.29) is 0 Å². The molecule has 0 saturated heterocycles. The highest BCUT2D eigenvalue weighted by Gasteiger charge is 2.20. The van der Waals surface area contributed by atoms with Crippen LogP contribution in [-0.4, -0.2) is 10.2 Å². The van der Waals surface area contributed by atoms with Crippen LogP contribution in [0.15, 0.2) is 36.4 Å². The SMILES string of the molecule is CCCCCCCc1ccc(-c2ccc(CCC3CCC(CCC)CC3)cc2)nn1. The molecule has 2 nitrogen and oxygen atoms in total. The number of hydrogen-bond acceptors (Lipinski definition) is 2. The van der Waals surface area contributed by atoms with Gasteiger partial charge in [-0.3, -0.25) is 0 Å². The van der Waals surface area contributed by atoms with Gasteiger partial charge in [-0.2, -0.15) is 10.2 Å². The summed E-state index contributed by atoms with van der Waals surface area (Å²) in [5, 5.41) is 8.95. The predicted octanol–water partition coefficient (Wildman–Crippen LogP) is 8.20. The van der Waals surface area contributed by atoms with Crippen LogP contribution in [0, 0.1) is 11.8 Å². The lowest BCUT2D eigenvalue weighted by molar-refractivity contribution is 0.252. The molecule has 1 heterocycles. The number of nitrogens with zero attached hydrogens (tertiary/aromatic N) is 2. The zero-order valence-electron chi connectivity index (χ0n) is 19.4. The van der Waals surface area contributed by atoms with Gasteiger partial charge in [0, 0.05) is 5.56 Å². The van der Waals surface area contributed by atoms with Crippen LogP contribution in [0.25, 0.3) is 11.3 Å². The second kappa shape index (κ2) is 12.9. The summed E-state index contributed by atoms with van der Waals surface area (Å²) < 4.78 is 0. The molecule has 164 valence electrons. The summed E-state index contributed by atoms with van der Waals surface area (Å²) in [6, 6.07) is 13.3. The number of aromatic nitrogens is 2. The van der Waals surface area contributed by atoms with Crippen LogP contribution in [0.2, 0.25) is 0 Å². The van der Waals surface area contributed by atoms with Crippen LogP contribution in [0.3, 0.4) is 0 Å². The Bertz CT molecular complexity index is 696. The quantitative estimate of drug-likeness (QED) is 0.332. The van der Waals surface area contributed by atoms with Crippen molar-refractivity contribution in [1.29, 1.82) is 0 Å². The third kappa shape index (κ3) is 7.52. The molecule has 3 rings (SSSR count). The van der Waals surface area contributed by atoms with E-state index < -0.39 is 0 Å². The Balaban J connectivity index is 1.42. The van der Waals surface area contributed by atoms with Gasteiger partial charge in [0.15, 0.2) is 0 Å². The molecule has 1 fully saturated rings. The molecule has 0 aliphatic heterocycles. The molecular weight excluding hydrogens is 364 g/mol. The molecule has 2 aromatic rings. The lowest BCUT2D eigenvalue weighted by Crippen LogP contribution is -2.15. The number of unbranched alkanes of at least 4 members (excludes halogenated alkanes) is 4. The van der Waals surface area contributed by atoms with E-state index in [0.717, 1.165) is 29.6 Å². The average molecular weight is 407 g/mol. The first kappa shape index (κ1) is 23.0. The standard InChI is InChI=1S/C28H42N2/c1-3-5-6-7-8-10-27-21-22-28(30-29-27)26-19-17-25(18-20-26)16-15-24-13-11-23(9-4-2)12-14-24/h17-24H,3-16H2,1-2H3. The normalized spacial score (nSPS) is 19.1. The first-order valence-corrected chi connectivity index (χ1v) is 12.7. The smallest absolute Gasteiger partial charge is 0.0929 e. The summed E-state index contributed by atoms with van der Waals surface area (Å²) in [5.74, 6) is 1.96. The molecule has 0 spiro atoms. The fourth-order valence-electron chi connectivity index (χ4n) is 4.99. The van der Waals surface area contributed by atoms with E-state index in [4.69, 9.17) is 0 Å². The van der Waals surface area contributed by atoms with E-state index in [1.54, 1.807) is 0 Å². The predicted molar refractivity (Wildman–Crippen MR) is 129 cm³/mol. The van der Waals surface area contributed by atoms with Crippen LogP contribution >= 0.6 is 0 Å². The number of aryl methyl sites for hydroxylation is 2. The van der Waals surface area contributed by atoms with E-state index in [9.17, 15) is 0 Å². The Morgan fingerprint density at radius 3 is 2.00 bits per heavy atom. The van der Waals surface area contributed by atoms with E-state index in [1.807, 2.05) is 0 Å². The number of benzene rings is 1. The Morgan fingerprint density at radius 2 is 1.37 bits per heavy atom. The van der Waals surface area contributed by atoms with Gasteiger partial charge in [0.05, 0.1) is 11.4 Å². The topological polar surface area (TPSA) is 25.8 Å². The Labute approximate surface area is 184 Å². The Morgan fingerprint density at radius 1 is 0.667 bits per heavy atom. The lowest BCUT2D eigenvalue weighted by Gasteiger charge is -2.28. The van der Waals surface area contributed by atoms with Crippen LogP contribution in [0.1, 0.15) is 102 Å². The molecule has 1 saturated carbocycles. The van der Waals surface area contributed by atoms with Crippen molar-refractivity contribution >= 4 is 0 Å². The minimum absolute atomic E-state index is 0.943. The van der Waals surface area contributed by atoms with Gasteiger partial charge in [-0.25, -0.2) is 0 Å². The van der Waals surface area contributed by atoms with Crippen molar-refractivity contribution < 1.29 is 0 Å².